The van der Waals surface area contributed by atoms with Gasteiger partial charge in [-0.15, -0.1) is 0 Å². The van der Waals surface area contributed by atoms with Crippen LogP contribution in [0.15, 0.2) is 24.3 Å². The van der Waals surface area contributed by atoms with E-state index < -0.39 is 28.8 Å². The quantitative estimate of drug-likeness (QED) is 0.415. The van der Waals surface area contributed by atoms with Gasteiger partial charge in [0.25, 0.3) is 5.91 Å². The molecule has 1 aliphatic rings. The monoisotopic (exact) mass is 445 g/mol. The molecule has 1 aliphatic heterocycles. The Labute approximate surface area is 182 Å². The van der Waals surface area contributed by atoms with Gasteiger partial charge in [0.1, 0.15) is 35.6 Å². The minimum absolute atomic E-state index is 0.0712. The lowest BCUT2D eigenvalue weighted by Crippen LogP contribution is -2.34. The summed E-state index contributed by atoms with van der Waals surface area (Å²) < 4.78 is 17.6. The second kappa shape index (κ2) is 9.49. The smallest absolute Gasteiger partial charge is 0.284 e. The number of ether oxygens (including phenoxy) is 1. The van der Waals surface area contributed by atoms with E-state index in [1.807, 2.05) is 6.07 Å². The summed E-state index contributed by atoms with van der Waals surface area (Å²) in [5.74, 6) is 0.0348. The highest BCUT2D eigenvalue weighted by Crippen LogP contribution is 2.29. The Morgan fingerprint density at radius 3 is 2.90 bits per heavy atom. The number of aliphatic hydroxyl groups is 1. The molecule has 2 aromatic rings. The van der Waals surface area contributed by atoms with Crippen molar-refractivity contribution in [3.8, 4) is 23.3 Å². The van der Waals surface area contributed by atoms with Gasteiger partial charge in [0.2, 0.25) is 5.88 Å². The normalized spacial score (nSPS) is 18.4. The predicted molar refractivity (Wildman–Crippen MR) is 113 cm³/mol. The van der Waals surface area contributed by atoms with E-state index in [2.05, 4.69) is 15.4 Å². The summed E-state index contributed by atoms with van der Waals surface area (Å²) in [5.41, 5.74) is 7.92. The van der Waals surface area contributed by atoms with Crippen molar-refractivity contribution in [3.05, 3.63) is 35.4 Å². The number of carbonyl (C=O) groups excluding carboxylic acids is 1. The summed E-state index contributed by atoms with van der Waals surface area (Å²) in [6.45, 7) is 2.89. The number of hydrogen-bond acceptors (Lipinski definition) is 9. The van der Waals surface area contributed by atoms with Gasteiger partial charge in [-0.25, -0.2) is 10.5 Å². The van der Waals surface area contributed by atoms with Crippen LogP contribution in [-0.4, -0.2) is 55.4 Å². The molecule has 0 spiro atoms. The largest absolute Gasteiger partial charge is 0.616 e. The maximum Gasteiger partial charge on any atom is 0.284 e. The summed E-state index contributed by atoms with van der Waals surface area (Å²) in [7, 11) is 0. The first-order valence-electron chi connectivity index (χ1n) is 9.50. The minimum Gasteiger partial charge on any atom is -0.616 e. The van der Waals surface area contributed by atoms with Crippen LogP contribution in [0, 0.1) is 11.3 Å². The van der Waals surface area contributed by atoms with Crippen molar-refractivity contribution in [1.82, 2.24) is 15.4 Å². The number of nitrogens with zero attached hydrogens (tertiary/aromatic N) is 3. The molecule has 1 aromatic heterocycles. The van der Waals surface area contributed by atoms with Gasteiger partial charge in [0.15, 0.2) is 5.82 Å². The van der Waals surface area contributed by atoms with Gasteiger partial charge in [-0.05, 0) is 37.2 Å². The second-order valence-electron chi connectivity index (χ2n) is 7.68. The van der Waals surface area contributed by atoms with Crippen LogP contribution in [0.4, 0.5) is 5.82 Å². The van der Waals surface area contributed by atoms with Crippen LogP contribution < -0.4 is 16.0 Å². The second-order valence-corrected chi connectivity index (χ2v) is 9.30. The van der Waals surface area contributed by atoms with Gasteiger partial charge >= 0.3 is 0 Å². The number of nitrogens with two attached hydrogens (primary N) is 1. The molecule has 31 heavy (non-hydrogen) atoms. The van der Waals surface area contributed by atoms with Gasteiger partial charge in [-0.3, -0.25) is 9.63 Å². The zero-order valence-corrected chi connectivity index (χ0v) is 17.9. The van der Waals surface area contributed by atoms with E-state index >= 15 is 0 Å². The van der Waals surface area contributed by atoms with Crippen LogP contribution in [0.3, 0.4) is 0 Å². The number of anilines is 1. The fourth-order valence-electron chi connectivity index (χ4n) is 2.83. The molecule has 1 aromatic carbocycles. The van der Waals surface area contributed by atoms with Crippen molar-refractivity contribution in [2.75, 3.05) is 23.8 Å². The van der Waals surface area contributed by atoms with E-state index in [9.17, 15) is 14.5 Å². The van der Waals surface area contributed by atoms with Crippen molar-refractivity contribution in [3.63, 3.8) is 0 Å². The highest BCUT2D eigenvalue weighted by Gasteiger charge is 2.31. The third-order valence-electron chi connectivity index (χ3n) is 4.29. The van der Waals surface area contributed by atoms with E-state index in [0.29, 0.717) is 29.1 Å². The average Bonchev–Trinajstić information content (AvgIpc) is 3.11. The maximum atomic E-state index is 12.7. The SMILES string of the molecule is CC(C)(O)CONC(=O)c1c(N)nc(-c2cccc(C#N)c2)nc1OC1CC[S+]([O-])C1. The number of hydrogen-bond donors (Lipinski definition) is 3. The third-order valence-corrected chi connectivity index (χ3v) is 5.72. The number of benzene rings is 1. The molecule has 3 rings (SSSR count). The molecule has 0 radical (unpaired) electrons. The highest BCUT2D eigenvalue weighted by atomic mass is 32.2. The number of carbonyl (C=O) groups is 1. The number of amides is 1. The van der Waals surface area contributed by atoms with Crippen LogP contribution in [0.1, 0.15) is 36.2 Å². The molecule has 1 amide bonds. The number of aromatic nitrogens is 2. The minimum atomic E-state index is -1.15. The first kappa shape index (κ1) is 22.8. The molecule has 164 valence electrons. The summed E-state index contributed by atoms with van der Waals surface area (Å²) in [6.07, 6.45) is 0.156. The molecule has 1 saturated heterocycles. The number of hydroxylamine groups is 1. The topological polar surface area (TPSA) is 166 Å². The third kappa shape index (κ3) is 6.05. The molecule has 11 heteroatoms. The fraction of sp³-hybridized carbons (Fsp3) is 0.400. The van der Waals surface area contributed by atoms with Gasteiger partial charge in [-0.2, -0.15) is 10.2 Å². The Balaban J connectivity index is 1.94. The number of nitriles is 1. The van der Waals surface area contributed by atoms with Gasteiger partial charge < -0.3 is 20.1 Å². The van der Waals surface area contributed by atoms with Crippen LogP contribution in [0.2, 0.25) is 0 Å². The van der Waals surface area contributed by atoms with E-state index in [4.69, 9.17) is 20.6 Å². The molecule has 4 N–H and O–H groups in total. The molecule has 0 saturated carbocycles. The maximum absolute atomic E-state index is 12.7. The summed E-state index contributed by atoms with van der Waals surface area (Å²) in [5, 5.41) is 18.9. The van der Waals surface area contributed by atoms with Crippen LogP contribution >= 0.6 is 0 Å². The Morgan fingerprint density at radius 1 is 1.48 bits per heavy atom. The molecule has 2 atom stereocenters. The number of nitrogen functional groups attached to an aromatic ring is 1. The lowest BCUT2D eigenvalue weighted by molar-refractivity contribution is -0.0523. The van der Waals surface area contributed by atoms with Gasteiger partial charge in [0.05, 0.1) is 17.2 Å². The average molecular weight is 446 g/mol. The zero-order chi connectivity index (χ0) is 22.6. The first-order valence-corrected chi connectivity index (χ1v) is 11.0. The van der Waals surface area contributed by atoms with Crippen molar-refractivity contribution in [2.45, 2.75) is 32.0 Å². The van der Waals surface area contributed by atoms with Crippen LogP contribution in [-0.2, 0) is 16.0 Å². The summed E-state index contributed by atoms with van der Waals surface area (Å²) in [4.78, 5) is 26.3. The highest BCUT2D eigenvalue weighted by molar-refractivity contribution is 7.91. The molecule has 2 unspecified atom stereocenters. The molecular weight excluding hydrogens is 422 g/mol. The van der Waals surface area contributed by atoms with Crippen LogP contribution in [0.5, 0.6) is 5.88 Å². The number of rotatable bonds is 7. The van der Waals surface area contributed by atoms with E-state index in [1.54, 1.807) is 24.3 Å². The Morgan fingerprint density at radius 2 is 2.26 bits per heavy atom. The standard InChI is InChI=1S/C20H23N5O5S/c1-20(2,27)11-29-25-18(26)15-16(22)23-17(13-5-3-4-12(8-13)9-21)24-19(15)30-14-6-7-31(28)10-14/h3-5,8,14,27H,6-7,10-11H2,1-2H3,(H,25,26)(H2,22,23,24). The molecule has 2 heterocycles. The summed E-state index contributed by atoms with van der Waals surface area (Å²) >= 11 is -0.998. The van der Waals surface area contributed by atoms with Gasteiger partial charge in [0, 0.05) is 12.0 Å². The van der Waals surface area contributed by atoms with Gasteiger partial charge in [-0.1, -0.05) is 12.1 Å². The predicted octanol–water partition coefficient (Wildman–Crippen LogP) is 0.930. The molecule has 10 nitrogen and oxygen atoms in total. The molecule has 0 bridgehead atoms. The Bertz CT molecular complexity index is 1000. The van der Waals surface area contributed by atoms with Crippen LogP contribution in [0.25, 0.3) is 11.4 Å². The van der Waals surface area contributed by atoms with Crippen molar-refractivity contribution >= 4 is 22.9 Å². The molecular formula is C20H23N5O5S. The molecule has 1 fully saturated rings. The Hall–Kier alpha value is -2.91. The first-order chi connectivity index (χ1) is 14.7. The number of nitrogens with one attached hydrogen (secondary N) is 1. The summed E-state index contributed by atoms with van der Waals surface area (Å²) in [6, 6.07) is 8.66. The fourth-order valence-corrected chi connectivity index (χ4v) is 4.17. The molecule has 0 aliphatic carbocycles. The Kier molecular flexibility index (Phi) is 6.97. The van der Waals surface area contributed by atoms with E-state index in [1.165, 1.54) is 13.8 Å². The zero-order valence-electron chi connectivity index (χ0n) is 17.1. The lowest BCUT2D eigenvalue weighted by atomic mass is 10.1. The van der Waals surface area contributed by atoms with E-state index in [0.717, 1.165) is 0 Å². The van der Waals surface area contributed by atoms with Crippen molar-refractivity contribution < 1.29 is 24.0 Å². The van der Waals surface area contributed by atoms with Crippen molar-refractivity contribution in [2.24, 2.45) is 0 Å². The lowest BCUT2D eigenvalue weighted by Gasteiger charge is -2.18. The van der Waals surface area contributed by atoms with Crippen molar-refractivity contribution in [1.29, 1.82) is 5.26 Å². The van der Waals surface area contributed by atoms with E-state index in [-0.39, 0.29) is 29.7 Å².